The van der Waals surface area contributed by atoms with Gasteiger partial charge in [-0.2, -0.15) is 10.4 Å². The van der Waals surface area contributed by atoms with Crippen LogP contribution >= 0.6 is 0 Å². The van der Waals surface area contributed by atoms with Gasteiger partial charge in [-0.1, -0.05) is 0 Å². The summed E-state index contributed by atoms with van der Waals surface area (Å²) in [4.78, 5) is 15.7. The smallest absolute Gasteiger partial charge is 0.357 e. The molecule has 0 unspecified atom stereocenters. The van der Waals surface area contributed by atoms with E-state index in [1.54, 1.807) is 6.07 Å². The second-order valence-corrected chi connectivity index (χ2v) is 4.75. The van der Waals surface area contributed by atoms with Crippen LogP contribution in [0.3, 0.4) is 0 Å². The van der Waals surface area contributed by atoms with Crippen molar-refractivity contribution in [1.29, 1.82) is 5.26 Å². The summed E-state index contributed by atoms with van der Waals surface area (Å²) >= 11 is 0. The molecule has 0 spiro atoms. The lowest BCUT2D eigenvalue weighted by atomic mass is 10.2. The summed E-state index contributed by atoms with van der Waals surface area (Å²) in [5.41, 5.74) is 6.35. The molecule has 3 rings (SSSR count). The molecule has 0 aliphatic carbocycles. The van der Waals surface area contributed by atoms with E-state index in [2.05, 4.69) is 14.8 Å². The van der Waals surface area contributed by atoms with Crippen LogP contribution < -0.4 is 5.73 Å². The summed E-state index contributed by atoms with van der Waals surface area (Å²) < 4.78 is 21.7. The van der Waals surface area contributed by atoms with E-state index in [-0.39, 0.29) is 22.6 Å². The van der Waals surface area contributed by atoms with Crippen LogP contribution in [0.15, 0.2) is 37.1 Å². The lowest BCUT2D eigenvalue weighted by Crippen LogP contribution is -2.11. The Hall–Kier alpha value is -3.67. The van der Waals surface area contributed by atoms with Gasteiger partial charge in [0.25, 0.3) is 0 Å². The van der Waals surface area contributed by atoms with Gasteiger partial charge in [0, 0.05) is 18.0 Å². The van der Waals surface area contributed by atoms with Gasteiger partial charge in [-0.05, 0) is 12.1 Å². The number of nitrogens with zero attached hydrogens (tertiary/aromatic N) is 5. The predicted octanol–water partition coefficient (Wildman–Crippen LogP) is 1.44. The molecule has 1 aromatic carbocycles. The average molecular weight is 326 g/mol. The monoisotopic (exact) mass is 326 g/mol. The van der Waals surface area contributed by atoms with Gasteiger partial charge >= 0.3 is 5.97 Å². The van der Waals surface area contributed by atoms with Crippen molar-refractivity contribution in [3.8, 4) is 17.4 Å². The average Bonchev–Trinajstić information content (AvgIpc) is 3.21. The zero-order valence-electron chi connectivity index (χ0n) is 12.5. The molecule has 8 nitrogen and oxygen atoms in total. The summed E-state index contributed by atoms with van der Waals surface area (Å²) in [5.74, 6) is -1.31. The first-order chi connectivity index (χ1) is 11.6. The molecule has 0 amide bonds. The first-order valence-corrected chi connectivity index (χ1v) is 6.71. The summed E-state index contributed by atoms with van der Waals surface area (Å²) in [6.07, 6.45) is 4.00. The molecule has 0 aliphatic rings. The van der Waals surface area contributed by atoms with Gasteiger partial charge in [0.1, 0.15) is 24.4 Å². The van der Waals surface area contributed by atoms with Crippen LogP contribution in [0, 0.1) is 17.1 Å². The third kappa shape index (κ3) is 2.36. The number of esters is 1. The first-order valence-electron chi connectivity index (χ1n) is 6.71. The Morgan fingerprint density at radius 3 is 2.83 bits per heavy atom. The summed E-state index contributed by atoms with van der Waals surface area (Å²) in [7, 11) is 1.19. The molecule has 120 valence electrons. The fraction of sp³-hybridized carbons (Fsp3) is 0.0667. The number of carbonyl (C=O) groups is 1. The van der Waals surface area contributed by atoms with E-state index in [1.165, 1.54) is 47.3 Å². The van der Waals surface area contributed by atoms with Gasteiger partial charge in [-0.25, -0.2) is 18.9 Å². The van der Waals surface area contributed by atoms with Crippen molar-refractivity contribution in [2.24, 2.45) is 0 Å². The minimum atomic E-state index is -0.727. The lowest BCUT2D eigenvalue weighted by molar-refractivity contribution is 0.0593. The SMILES string of the molecule is COC(=O)c1c(N)c(C#N)cn1-c1ccc(-n2cncn2)c(F)c1. The maximum absolute atomic E-state index is 14.4. The number of benzene rings is 1. The summed E-state index contributed by atoms with van der Waals surface area (Å²) in [6.45, 7) is 0. The van der Waals surface area contributed by atoms with Gasteiger partial charge in [-0.3, -0.25) is 0 Å². The number of ether oxygens (including phenoxy) is 1. The minimum absolute atomic E-state index is 0.0230. The molecule has 2 N–H and O–H groups in total. The third-order valence-corrected chi connectivity index (χ3v) is 3.42. The van der Waals surface area contributed by atoms with Crippen LogP contribution in [0.5, 0.6) is 0 Å². The Morgan fingerprint density at radius 1 is 1.46 bits per heavy atom. The first kappa shape index (κ1) is 15.2. The van der Waals surface area contributed by atoms with Gasteiger partial charge in [0.15, 0.2) is 11.5 Å². The van der Waals surface area contributed by atoms with E-state index >= 15 is 0 Å². The van der Waals surface area contributed by atoms with Crippen LogP contribution in [0.1, 0.15) is 16.1 Å². The van der Waals surface area contributed by atoms with Gasteiger partial charge < -0.3 is 15.0 Å². The number of carbonyl (C=O) groups excluding carboxylic acids is 1. The van der Waals surface area contributed by atoms with Crippen molar-refractivity contribution in [2.75, 3.05) is 12.8 Å². The minimum Gasteiger partial charge on any atom is -0.464 e. The fourth-order valence-corrected chi connectivity index (χ4v) is 2.28. The van der Waals surface area contributed by atoms with Crippen LogP contribution in [0.2, 0.25) is 0 Å². The topological polar surface area (TPSA) is 112 Å². The number of nitrogens with two attached hydrogens (primary N) is 1. The van der Waals surface area contributed by atoms with E-state index in [4.69, 9.17) is 11.0 Å². The maximum atomic E-state index is 14.4. The summed E-state index contributed by atoms with van der Waals surface area (Å²) in [5, 5.41) is 13.0. The van der Waals surface area contributed by atoms with Crippen molar-refractivity contribution in [1.82, 2.24) is 19.3 Å². The number of halogens is 1. The van der Waals surface area contributed by atoms with E-state index in [1.807, 2.05) is 6.07 Å². The molecule has 2 aromatic heterocycles. The number of nitriles is 1. The largest absolute Gasteiger partial charge is 0.464 e. The molecular weight excluding hydrogens is 315 g/mol. The molecule has 3 aromatic rings. The Balaban J connectivity index is 2.15. The van der Waals surface area contributed by atoms with E-state index in [0.717, 1.165) is 0 Å². The molecule has 0 atom stereocenters. The van der Waals surface area contributed by atoms with Crippen LogP contribution in [-0.2, 0) is 4.74 Å². The second kappa shape index (κ2) is 5.85. The molecule has 0 radical (unpaired) electrons. The van der Waals surface area contributed by atoms with Crippen molar-refractivity contribution in [3.63, 3.8) is 0 Å². The standard InChI is InChI=1S/C15H11FN6O2/c1-24-15(23)14-13(18)9(5-17)6-21(14)10-2-3-12(11(16)4-10)22-8-19-7-20-22/h2-4,6-8H,18H2,1H3. The van der Waals surface area contributed by atoms with Crippen molar-refractivity contribution in [3.05, 3.63) is 54.1 Å². The van der Waals surface area contributed by atoms with Crippen LogP contribution in [0.25, 0.3) is 11.4 Å². The molecule has 0 saturated heterocycles. The Morgan fingerprint density at radius 2 is 2.25 bits per heavy atom. The van der Waals surface area contributed by atoms with E-state index < -0.39 is 11.8 Å². The molecule has 2 heterocycles. The summed E-state index contributed by atoms with van der Waals surface area (Å²) in [6, 6.07) is 6.12. The molecule has 24 heavy (non-hydrogen) atoms. The number of anilines is 1. The van der Waals surface area contributed by atoms with Crippen molar-refractivity contribution < 1.29 is 13.9 Å². The maximum Gasteiger partial charge on any atom is 0.357 e. The van der Waals surface area contributed by atoms with Crippen LogP contribution in [-0.4, -0.2) is 32.4 Å². The Bertz CT molecular complexity index is 955. The highest BCUT2D eigenvalue weighted by atomic mass is 19.1. The molecule has 0 bridgehead atoms. The molecule has 0 fully saturated rings. The highest BCUT2D eigenvalue weighted by Crippen LogP contribution is 2.26. The van der Waals surface area contributed by atoms with Crippen molar-refractivity contribution in [2.45, 2.75) is 0 Å². The normalized spacial score (nSPS) is 10.4. The fourth-order valence-electron chi connectivity index (χ4n) is 2.28. The third-order valence-electron chi connectivity index (χ3n) is 3.42. The van der Waals surface area contributed by atoms with E-state index in [0.29, 0.717) is 5.69 Å². The second-order valence-electron chi connectivity index (χ2n) is 4.75. The highest BCUT2D eigenvalue weighted by Gasteiger charge is 2.22. The molecule has 0 saturated carbocycles. The Kier molecular flexibility index (Phi) is 3.71. The zero-order valence-corrected chi connectivity index (χ0v) is 12.5. The number of hydrogen-bond acceptors (Lipinski definition) is 6. The van der Waals surface area contributed by atoms with Crippen molar-refractivity contribution >= 4 is 11.7 Å². The quantitative estimate of drug-likeness (QED) is 0.729. The highest BCUT2D eigenvalue weighted by molar-refractivity contribution is 5.95. The van der Waals surface area contributed by atoms with Gasteiger partial charge in [-0.15, -0.1) is 0 Å². The molecule has 0 aliphatic heterocycles. The molecular formula is C15H11FN6O2. The number of hydrogen-bond donors (Lipinski definition) is 1. The Labute approximate surface area is 135 Å². The zero-order chi connectivity index (χ0) is 17.3. The van der Waals surface area contributed by atoms with Gasteiger partial charge in [0.2, 0.25) is 0 Å². The number of aromatic nitrogens is 4. The van der Waals surface area contributed by atoms with E-state index in [9.17, 15) is 9.18 Å². The number of rotatable bonds is 3. The van der Waals surface area contributed by atoms with Crippen LogP contribution in [0.4, 0.5) is 10.1 Å². The van der Waals surface area contributed by atoms with Gasteiger partial charge in [0.05, 0.1) is 18.4 Å². The molecule has 9 heteroatoms. The number of nitrogen functional groups attached to an aromatic ring is 1. The number of methoxy groups -OCH3 is 1. The predicted molar refractivity (Wildman–Crippen MR) is 81.1 cm³/mol. The lowest BCUT2D eigenvalue weighted by Gasteiger charge is -2.10.